The van der Waals surface area contributed by atoms with Gasteiger partial charge in [0.15, 0.2) is 11.5 Å². The molecule has 3 rings (SSSR count). The molecule has 2 aromatic carbocycles. The molecule has 0 aliphatic carbocycles. The van der Waals surface area contributed by atoms with E-state index in [-0.39, 0.29) is 51.8 Å². The maximum Gasteiger partial charge on any atom is 0.573 e. The lowest BCUT2D eigenvalue weighted by molar-refractivity contribution is -0.904. The van der Waals surface area contributed by atoms with Gasteiger partial charge >= 0.3 is 6.36 Å². The van der Waals surface area contributed by atoms with Crippen LogP contribution in [0.25, 0.3) is 0 Å². The second kappa shape index (κ2) is 14.1. The van der Waals surface area contributed by atoms with Crippen LogP contribution in [0, 0.1) is 0 Å². The van der Waals surface area contributed by atoms with Crippen LogP contribution < -0.4 is 29.6 Å². The molecule has 0 radical (unpaired) electrons. The molecular weight excluding hydrogens is 566 g/mol. The fourth-order valence-electron chi connectivity index (χ4n) is 3.19. The zero-order valence-electron chi connectivity index (χ0n) is 20.6. The number of hydrogen-bond donors (Lipinski definition) is 3. The maximum atomic E-state index is 13.0. The van der Waals surface area contributed by atoms with E-state index in [1.54, 1.807) is 0 Å². The molecule has 3 N–H and O–H groups in total. The van der Waals surface area contributed by atoms with Crippen LogP contribution in [-0.2, 0) is 4.74 Å². The average Bonchev–Trinajstić information content (AvgIpc) is 2.86. The number of halogens is 5. The van der Waals surface area contributed by atoms with Gasteiger partial charge in [-0.1, -0.05) is 23.2 Å². The Hall–Kier alpha value is -3.45. The van der Waals surface area contributed by atoms with Crippen molar-refractivity contribution < 1.29 is 46.9 Å². The van der Waals surface area contributed by atoms with Crippen LogP contribution in [0.1, 0.15) is 16.8 Å². The Morgan fingerprint density at radius 1 is 1.03 bits per heavy atom. The number of nitrogens with one attached hydrogen (secondary N) is 2. The highest BCUT2D eigenvalue weighted by Gasteiger charge is 2.31. The van der Waals surface area contributed by atoms with Crippen LogP contribution in [0.2, 0.25) is 10.0 Å². The monoisotopic (exact) mass is 590 g/mol. The highest BCUT2D eigenvalue weighted by Crippen LogP contribution is 2.40. The standard InChI is InChI=1S/C25H24Cl2F3N3O6/c1-31-7-3-9-36-10-11-37-23-12-17(39-25(28,29)30)5-6-21(23)38-22-14-20(27)19(26)13-18(22)24(34)32-16-4-2-8-33(35)15-16/h2,4-6,8,12-15,31H,3,7,9-11H2,1H3,(H-,32,34,35)/p+1. The number of amides is 1. The molecular formula is C25H25Cl2F3N3O6+. The van der Waals surface area contributed by atoms with E-state index in [9.17, 15) is 23.2 Å². The average molecular weight is 591 g/mol. The van der Waals surface area contributed by atoms with Crippen LogP contribution in [-0.4, -0.2) is 50.9 Å². The van der Waals surface area contributed by atoms with Crippen molar-refractivity contribution in [3.8, 4) is 23.0 Å². The predicted octanol–water partition coefficient (Wildman–Crippen LogP) is 5.47. The van der Waals surface area contributed by atoms with E-state index in [1.165, 1.54) is 42.7 Å². The minimum absolute atomic E-state index is 0.00469. The first-order chi connectivity index (χ1) is 18.6. The summed E-state index contributed by atoms with van der Waals surface area (Å²) in [5, 5.41) is 15.3. The molecule has 0 bridgehead atoms. The van der Waals surface area contributed by atoms with Crippen molar-refractivity contribution >= 4 is 34.8 Å². The summed E-state index contributed by atoms with van der Waals surface area (Å²) in [6, 6.07) is 8.82. The van der Waals surface area contributed by atoms with Gasteiger partial charge in [-0.15, -0.1) is 13.2 Å². The number of carbonyl (C=O) groups is 1. The molecule has 1 heterocycles. The number of anilines is 1. The fourth-order valence-corrected chi connectivity index (χ4v) is 3.51. The summed E-state index contributed by atoms with van der Waals surface area (Å²) in [6.07, 6.45) is -1.55. The molecule has 9 nitrogen and oxygen atoms in total. The molecule has 0 saturated heterocycles. The number of pyridine rings is 1. The zero-order valence-corrected chi connectivity index (χ0v) is 22.1. The number of ether oxygens (including phenoxy) is 4. The summed E-state index contributed by atoms with van der Waals surface area (Å²) in [5.41, 5.74) is 0.210. The van der Waals surface area contributed by atoms with Gasteiger partial charge in [0.2, 0.25) is 12.4 Å². The van der Waals surface area contributed by atoms with Crippen molar-refractivity contribution in [2.45, 2.75) is 12.8 Å². The van der Waals surface area contributed by atoms with Crippen LogP contribution in [0.15, 0.2) is 54.9 Å². The van der Waals surface area contributed by atoms with Gasteiger partial charge in [-0.05, 0) is 44.3 Å². The number of rotatable bonds is 13. The van der Waals surface area contributed by atoms with E-state index in [4.69, 9.17) is 37.4 Å². The first-order valence-electron chi connectivity index (χ1n) is 11.5. The van der Waals surface area contributed by atoms with Crippen molar-refractivity contribution in [2.24, 2.45) is 0 Å². The lowest BCUT2D eigenvalue weighted by Gasteiger charge is -2.17. The summed E-state index contributed by atoms with van der Waals surface area (Å²) < 4.78 is 60.1. The van der Waals surface area contributed by atoms with Gasteiger partial charge in [0.25, 0.3) is 5.91 Å². The van der Waals surface area contributed by atoms with Gasteiger partial charge in [-0.3, -0.25) is 10.0 Å². The van der Waals surface area contributed by atoms with E-state index in [0.717, 1.165) is 29.8 Å². The second-order valence-corrected chi connectivity index (χ2v) is 8.68. The first kappa shape index (κ1) is 30.1. The lowest BCUT2D eigenvalue weighted by Crippen LogP contribution is -2.29. The Balaban J connectivity index is 1.86. The van der Waals surface area contributed by atoms with Crippen molar-refractivity contribution in [1.82, 2.24) is 5.32 Å². The zero-order chi connectivity index (χ0) is 28.4. The SMILES string of the molecule is CNCCCOCCOc1cc(OC(F)(F)F)ccc1Oc1cc(Cl)c(Cl)cc1C(=O)Nc1ccc[n+](O)c1. The summed E-state index contributed by atoms with van der Waals surface area (Å²) in [4.78, 5) is 13.0. The molecule has 0 aliphatic heterocycles. The van der Waals surface area contributed by atoms with E-state index in [1.807, 2.05) is 7.05 Å². The van der Waals surface area contributed by atoms with E-state index in [2.05, 4.69) is 15.4 Å². The smallest absolute Gasteiger partial charge is 0.487 e. The molecule has 14 heteroatoms. The van der Waals surface area contributed by atoms with Crippen molar-refractivity contribution in [3.63, 3.8) is 0 Å². The van der Waals surface area contributed by atoms with Crippen LogP contribution in [0.4, 0.5) is 18.9 Å². The lowest BCUT2D eigenvalue weighted by atomic mass is 10.1. The Morgan fingerprint density at radius 2 is 1.79 bits per heavy atom. The number of alkyl halides is 3. The molecule has 3 aromatic rings. The third-order valence-electron chi connectivity index (χ3n) is 4.88. The van der Waals surface area contributed by atoms with Crippen molar-refractivity contribution in [1.29, 1.82) is 0 Å². The van der Waals surface area contributed by atoms with Gasteiger partial charge in [0.05, 0.1) is 22.2 Å². The van der Waals surface area contributed by atoms with Gasteiger partial charge in [0.1, 0.15) is 23.8 Å². The molecule has 0 atom stereocenters. The molecule has 210 valence electrons. The third-order valence-corrected chi connectivity index (χ3v) is 5.60. The Kier molecular flexibility index (Phi) is 10.9. The first-order valence-corrected chi connectivity index (χ1v) is 12.2. The molecule has 1 aromatic heterocycles. The Morgan fingerprint density at radius 3 is 2.51 bits per heavy atom. The number of carbonyl (C=O) groups excluding carboxylic acids is 1. The number of nitrogens with zero attached hydrogens (tertiary/aromatic N) is 1. The topological polar surface area (TPSA) is 102 Å². The second-order valence-electron chi connectivity index (χ2n) is 7.87. The third kappa shape index (κ3) is 9.66. The van der Waals surface area contributed by atoms with Gasteiger partial charge in [0, 0.05) is 29.5 Å². The molecule has 0 aliphatic rings. The van der Waals surface area contributed by atoms with E-state index < -0.39 is 18.0 Å². The minimum atomic E-state index is -4.92. The quantitative estimate of drug-likeness (QED) is 0.138. The van der Waals surface area contributed by atoms with Gasteiger partial charge in [-0.25, -0.2) is 0 Å². The molecule has 0 fully saturated rings. The summed E-state index contributed by atoms with van der Waals surface area (Å²) in [6.45, 7) is 1.38. The van der Waals surface area contributed by atoms with Gasteiger partial charge in [-0.2, -0.15) is 0 Å². The molecule has 39 heavy (non-hydrogen) atoms. The number of hydrogen-bond acceptors (Lipinski definition) is 7. The predicted molar refractivity (Wildman–Crippen MR) is 136 cm³/mol. The summed E-state index contributed by atoms with van der Waals surface area (Å²) in [5.74, 6) is -1.39. The van der Waals surface area contributed by atoms with Crippen LogP contribution in [0.3, 0.4) is 0 Å². The number of benzene rings is 2. The molecule has 0 spiro atoms. The minimum Gasteiger partial charge on any atom is -0.487 e. The van der Waals surface area contributed by atoms with Crippen molar-refractivity contribution in [3.05, 3.63) is 70.5 Å². The summed E-state index contributed by atoms with van der Waals surface area (Å²) >= 11 is 12.3. The molecule has 1 amide bonds. The Labute approximate surface area is 231 Å². The number of aromatic nitrogens is 1. The van der Waals surface area contributed by atoms with E-state index in [0.29, 0.717) is 6.61 Å². The maximum absolute atomic E-state index is 13.0. The van der Waals surface area contributed by atoms with Crippen LogP contribution in [0.5, 0.6) is 23.0 Å². The van der Waals surface area contributed by atoms with Gasteiger partial charge < -0.3 is 29.6 Å². The summed E-state index contributed by atoms with van der Waals surface area (Å²) in [7, 11) is 1.81. The Bertz CT molecular complexity index is 1280. The van der Waals surface area contributed by atoms with Crippen LogP contribution >= 0.6 is 23.2 Å². The largest absolute Gasteiger partial charge is 0.573 e. The highest BCUT2D eigenvalue weighted by atomic mass is 35.5. The molecule has 0 saturated carbocycles. The normalized spacial score (nSPS) is 11.2. The van der Waals surface area contributed by atoms with E-state index >= 15 is 0 Å². The van der Waals surface area contributed by atoms with Crippen molar-refractivity contribution in [2.75, 3.05) is 38.7 Å². The fraction of sp³-hybridized carbons (Fsp3) is 0.280. The molecule has 0 unspecified atom stereocenters. The highest BCUT2D eigenvalue weighted by molar-refractivity contribution is 6.42.